The molecular formula is C18H17N3O4S. The summed E-state index contributed by atoms with van der Waals surface area (Å²) in [6.45, 7) is 0.605. The molecule has 0 aliphatic rings. The first-order chi connectivity index (χ1) is 12.6. The Labute approximate surface area is 153 Å². The van der Waals surface area contributed by atoms with Gasteiger partial charge in [-0.15, -0.1) is 0 Å². The molecular weight excluding hydrogens is 354 g/mol. The summed E-state index contributed by atoms with van der Waals surface area (Å²) in [6, 6.07) is 14.3. The van der Waals surface area contributed by atoms with Crippen molar-refractivity contribution in [1.29, 1.82) is 0 Å². The molecule has 0 radical (unpaired) electrons. The van der Waals surface area contributed by atoms with Crippen molar-refractivity contribution in [3.05, 3.63) is 64.2 Å². The quantitative estimate of drug-likeness (QED) is 0.281. The lowest BCUT2D eigenvalue weighted by atomic mass is 10.1. The third-order valence-corrected chi connectivity index (χ3v) is 4.52. The summed E-state index contributed by atoms with van der Waals surface area (Å²) in [6.07, 6.45) is 1.78. The van der Waals surface area contributed by atoms with Crippen molar-refractivity contribution < 1.29 is 14.1 Å². The number of thioether (sulfide) groups is 1. The molecule has 134 valence electrons. The van der Waals surface area contributed by atoms with E-state index in [-0.39, 0.29) is 17.3 Å². The van der Waals surface area contributed by atoms with Gasteiger partial charge in [-0.05, 0) is 24.5 Å². The van der Waals surface area contributed by atoms with Crippen LogP contribution in [0.4, 0.5) is 5.69 Å². The van der Waals surface area contributed by atoms with E-state index in [0.29, 0.717) is 22.9 Å². The van der Waals surface area contributed by atoms with Gasteiger partial charge in [-0.2, -0.15) is 0 Å². The molecule has 0 saturated carbocycles. The fourth-order valence-electron chi connectivity index (χ4n) is 2.41. The molecule has 7 nitrogen and oxygen atoms in total. The van der Waals surface area contributed by atoms with Crippen LogP contribution in [0.2, 0.25) is 0 Å². The normalized spacial score (nSPS) is 10.8. The van der Waals surface area contributed by atoms with Crippen molar-refractivity contribution in [3.8, 4) is 0 Å². The average molecular weight is 371 g/mol. The van der Waals surface area contributed by atoms with Crippen LogP contribution in [0.15, 0.2) is 58.2 Å². The van der Waals surface area contributed by atoms with Gasteiger partial charge >= 0.3 is 0 Å². The predicted octanol–water partition coefficient (Wildman–Crippen LogP) is 3.58. The smallest absolute Gasteiger partial charge is 0.271 e. The number of hydrogen-bond donors (Lipinski definition) is 1. The molecule has 0 bridgehead atoms. The van der Waals surface area contributed by atoms with Crippen LogP contribution in [-0.4, -0.2) is 28.1 Å². The van der Waals surface area contributed by atoms with Gasteiger partial charge in [0.25, 0.3) is 10.9 Å². The van der Waals surface area contributed by atoms with Gasteiger partial charge in [0.05, 0.1) is 10.7 Å². The van der Waals surface area contributed by atoms with E-state index in [1.807, 2.05) is 18.2 Å². The van der Waals surface area contributed by atoms with Crippen LogP contribution in [-0.2, 0) is 11.2 Å². The van der Waals surface area contributed by atoms with E-state index in [4.69, 9.17) is 4.42 Å². The Hall–Kier alpha value is -2.87. The monoisotopic (exact) mass is 371 g/mol. The molecule has 26 heavy (non-hydrogen) atoms. The number of fused-ring (bicyclic) bond motifs is 1. The minimum Gasteiger partial charge on any atom is -0.431 e. The minimum absolute atomic E-state index is 0.0430. The highest BCUT2D eigenvalue weighted by atomic mass is 32.2. The molecule has 1 N–H and O–H groups in total. The van der Waals surface area contributed by atoms with Crippen molar-refractivity contribution in [3.63, 3.8) is 0 Å². The topological polar surface area (TPSA) is 98.3 Å². The molecule has 0 aliphatic carbocycles. The molecule has 1 aromatic heterocycles. The first-order valence-electron chi connectivity index (χ1n) is 8.10. The van der Waals surface area contributed by atoms with Crippen LogP contribution in [0.25, 0.3) is 11.1 Å². The van der Waals surface area contributed by atoms with Gasteiger partial charge in [0, 0.05) is 18.7 Å². The lowest BCUT2D eigenvalue weighted by molar-refractivity contribution is -0.384. The number of nitrogens with zero attached hydrogens (tertiary/aromatic N) is 2. The van der Waals surface area contributed by atoms with Gasteiger partial charge in [0.2, 0.25) is 5.91 Å². The third-order valence-electron chi connectivity index (χ3n) is 3.70. The van der Waals surface area contributed by atoms with Gasteiger partial charge in [-0.25, -0.2) is 4.98 Å². The van der Waals surface area contributed by atoms with Crippen LogP contribution < -0.4 is 5.32 Å². The Morgan fingerprint density at radius 3 is 2.81 bits per heavy atom. The zero-order valence-corrected chi connectivity index (χ0v) is 14.7. The molecule has 8 heteroatoms. The predicted molar refractivity (Wildman–Crippen MR) is 99.2 cm³/mol. The Morgan fingerprint density at radius 1 is 1.23 bits per heavy atom. The average Bonchev–Trinajstić information content (AvgIpc) is 3.06. The van der Waals surface area contributed by atoms with Crippen molar-refractivity contribution >= 4 is 34.5 Å². The number of carbonyl (C=O) groups is 1. The molecule has 0 spiro atoms. The van der Waals surface area contributed by atoms with Crippen molar-refractivity contribution in [2.45, 2.75) is 18.1 Å². The molecule has 1 heterocycles. The molecule has 0 atom stereocenters. The van der Waals surface area contributed by atoms with E-state index in [2.05, 4.69) is 22.4 Å². The van der Waals surface area contributed by atoms with Gasteiger partial charge in [-0.1, -0.05) is 42.1 Å². The molecule has 1 amide bonds. The van der Waals surface area contributed by atoms with E-state index in [1.165, 1.54) is 23.8 Å². The minimum atomic E-state index is -0.482. The number of amides is 1. The zero-order valence-electron chi connectivity index (χ0n) is 13.9. The molecule has 0 saturated heterocycles. The van der Waals surface area contributed by atoms with E-state index in [9.17, 15) is 14.9 Å². The summed E-state index contributed by atoms with van der Waals surface area (Å²) in [5.41, 5.74) is 2.07. The lowest BCUT2D eigenvalue weighted by Gasteiger charge is -2.04. The summed E-state index contributed by atoms with van der Waals surface area (Å²) in [4.78, 5) is 26.4. The highest BCUT2D eigenvalue weighted by molar-refractivity contribution is 7.99. The fourth-order valence-corrected chi connectivity index (χ4v) is 3.08. The Balaban J connectivity index is 1.44. The number of non-ortho nitro benzene ring substituents is 1. The first-order valence-corrected chi connectivity index (χ1v) is 9.09. The highest BCUT2D eigenvalue weighted by Crippen LogP contribution is 2.26. The first kappa shape index (κ1) is 17.9. The van der Waals surface area contributed by atoms with Crippen molar-refractivity contribution in [2.24, 2.45) is 0 Å². The van der Waals surface area contributed by atoms with Crippen LogP contribution >= 0.6 is 11.8 Å². The largest absolute Gasteiger partial charge is 0.431 e. The van der Waals surface area contributed by atoms with Crippen LogP contribution in [0.5, 0.6) is 0 Å². The van der Waals surface area contributed by atoms with E-state index < -0.39 is 4.92 Å². The Kier molecular flexibility index (Phi) is 5.85. The maximum atomic E-state index is 11.9. The van der Waals surface area contributed by atoms with Gasteiger partial charge in [0.1, 0.15) is 5.52 Å². The SMILES string of the molecule is O=C(CSc1nc2cc([N+](=O)[O-])ccc2o1)NCCCc1ccccc1. The number of nitro benzene ring substituents is 1. The summed E-state index contributed by atoms with van der Waals surface area (Å²) in [5.74, 6) is 0.0802. The Bertz CT molecular complexity index is 911. The number of rotatable bonds is 8. The molecule has 3 aromatic rings. The molecule has 3 rings (SSSR count). The van der Waals surface area contributed by atoms with E-state index in [1.54, 1.807) is 0 Å². The number of nitrogens with one attached hydrogen (secondary N) is 1. The second-order valence-electron chi connectivity index (χ2n) is 5.62. The van der Waals surface area contributed by atoms with Crippen molar-refractivity contribution in [2.75, 3.05) is 12.3 Å². The Morgan fingerprint density at radius 2 is 2.04 bits per heavy atom. The third kappa shape index (κ3) is 4.82. The zero-order chi connectivity index (χ0) is 18.4. The van der Waals surface area contributed by atoms with Gasteiger partial charge < -0.3 is 9.73 Å². The second kappa shape index (κ2) is 8.48. The fraction of sp³-hybridized carbons (Fsp3) is 0.222. The number of aromatic nitrogens is 1. The molecule has 0 aliphatic heterocycles. The molecule has 0 unspecified atom stereocenters. The number of benzene rings is 2. The summed E-state index contributed by atoms with van der Waals surface area (Å²) in [5, 5.41) is 14.0. The van der Waals surface area contributed by atoms with Crippen molar-refractivity contribution in [1.82, 2.24) is 10.3 Å². The number of aryl methyl sites for hydroxylation is 1. The lowest BCUT2D eigenvalue weighted by Crippen LogP contribution is -2.26. The standard InChI is InChI=1S/C18H17N3O4S/c22-17(19-10-4-7-13-5-2-1-3-6-13)12-26-18-20-15-11-14(21(23)24)8-9-16(15)25-18/h1-3,5-6,8-9,11H,4,7,10,12H2,(H,19,22). The summed E-state index contributed by atoms with van der Waals surface area (Å²) < 4.78 is 5.49. The van der Waals surface area contributed by atoms with Crippen LogP contribution in [0.3, 0.4) is 0 Å². The number of oxazole rings is 1. The second-order valence-corrected chi connectivity index (χ2v) is 6.54. The van der Waals surface area contributed by atoms with E-state index in [0.717, 1.165) is 24.6 Å². The van der Waals surface area contributed by atoms with E-state index >= 15 is 0 Å². The van der Waals surface area contributed by atoms with Crippen LogP contribution in [0.1, 0.15) is 12.0 Å². The highest BCUT2D eigenvalue weighted by Gasteiger charge is 2.13. The number of carbonyl (C=O) groups excluding carboxylic acids is 1. The van der Waals surface area contributed by atoms with Crippen LogP contribution in [0, 0.1) is 10.1 Å². The summed E-state index contributed by atoms with van der Waals surface area (Å²) in [7, 11) is 0. The number of nitro groups is 1. The number of hydrogen-bond acceptors (Lipinski definition) is 6. The summed E-state index contributed by atoms with van der Waals surface area (Å²) >= 11 is 1.16. The van der Waals surface area contributed by atoms with Gasteiger partial charge in [0.15, 0.2) is 5.58 Å². The maximum Gasteiger partial charge on any atom is 0.271 e. The molecule has 2 aromatic carbocycles. The van der Waals surface area contributed by atoms with Gasteiger partial charge in [-0.3, -0.25) is 14.9 Å². The maximum absolute atomic E-state index is 11.9. The molecule has 0 fully saturated rings.